The van der Waals surface area contributed by atoms with E-state index in [1.807, 2.05) is 37.3 Å². The van der Waals surface area contributed by atoms with Gasteiger partial charge in [0.25, 0.3) is 5.56 Å². The van der Waals surface area contributed by atoms with Crippen molar-refractivity contribution in [1.82, 2.24) is 10.3 Å². The predicted molar refractivity (Wildman–Crippen MR) is 132 cm³/mol. The fourth-order valence-electron chi connectivity index (χ4n) is 4.41. The second-order valence-electron chi connectivity index (χ2n) is 8.48. The Balaban J connectivity index is 1.38. The lowest BCUT2D eigenvalue weighted by atomic mass is 10.0. The Labute approximate surface area is 198 Å². The third-order valence-electron chi connectivity index (χ3n) is 6.19. The van der Waals surface area contributed by atoms with Crippen molar-refractivity contribution in [1.29, 1.82) is 0 Å². The largest absolute Gasteiger partial charge is 0.477 e. The van der Waals surface area contributed by atoms with Gasteiger partial charge in [0.05, 0.1) is 5.69 Å². The summed E-state index contributed by atoms with van der Waals surface area (Å²) in [6.07, 6.45) is 1.76. The van der Waals surface area contributed by atoms with E-state index < -0.39 is 11.5 Å². The van der Waals surface area contributed by atoms with Gasteiger partial charge >= 0.3 is 5.97 Å². The van der Waals surface area contributed by atoms with Gasteiger partial charge in [0.2, 0.25) is 0 Å². The van der Waals surface area contributed by atoms with Gasteiger partial charge in [-0.1, -0.05) is 42.8 Å². The van der Waals surface area contributed by atoms with E-state index in [1.54, 1.807) is 0 Å². The molecule has 2 aromatic carbocycles. The van der Waals surface area contributed by atoms with Gasteiger partial charge in [-0.2, -0.15) is 0 Å². The molecule has 1 unspecified atom stereocenters. The van der Waals surface area contributed by atoms with Crippen LogP contribution < -0.4 is 15.8 Å². The number of benzene rings is 2. The van der Waals surface area contributed by atoms with Gasteiger partial charge in [0.15, 0.2) is 0 Å². The number of anilines is 1. The van der Waals surface area contributed by atoms with Crippen molar-refractivity contribution in [3.05, 3.63) is 86.7 Å². The molecule has 1 saturated heterocycles. The van der Waals surface area contributed by atoms with Crippen LogP contribution in [0.15, 0.2) is 59.4 Å². The predicted octanol–water partition coefficient (Wildman–Crippen LogP) is 4.57. The highest BCUT2D eigenvalue weighted by Gasteiger charge is 2.22. The number of pyridine rings is 1. The second kappa shape index (κ2) is 10.2. The minimum Gasteiger partial charge on any atom is -0.477 e. The van der Waals surface area contributed by atoms with Gasteiger partial charge in [-0.05, 0) is 65.8 Å². The van der Waals surface area contributed by atoms with Crippen LogP contribution in [0.1, 0.15) is 34.8 Å². The zero-order valence-corrected chi connectivity index (χ0v) is 19.4. The van der Waals surface area contributed by atoms with Crippen molar-refractivity contribution < 1.29 is 9.90 Å². The zero-order valence-electron chi connectivity index (χ0n) is 18.6. The molecule has 4 rings (SSSR count). The average molecular weight is 466 g/mol. The van der Waals surface area contributed by atoms with Crippen LogP contribution in [-0.2, 0) is 13.0 Å². The highest BCUT2D eigenvalue weighted by molar-refractivity contribution is 6.30. The molecule has 0 amide bonds. The number of rotatable bonds is 8. The van der Waals surface area contributed by atoms with E-state index in [4.69, 9.17) is 11.6 Å². The van der Waals surface area contributed by atoms with Crippen molar-refractivity contribution in [3.8, 4) is 11.3 Å². The standard InChI is InChI=1S/C26H28ClN3O3/c1-2-19-13-23(26(32)33)25(31)29-24(19)20-6-8-22(9-7-20)30-11-10-18(16-30)15-28-14-17-4-3-5-21(27)12-17/h3-9,12-13,18,28H,2,10-11,14-16H2,1H3,(H,29,31)(H,32,33). The minimum atomic E-state index is -1.21. The number of aromatic amines is 1. The maximum atomic E-state index is 12.2. The van der Waals surface area contributed by atoms with E-state index in [0.29, 0.717) is 18.0 Å². The molecule has 0 saturated carbocycles. The van der Waals surface area contributed by atoms with Gasteiger partial charge in [0, 0.05) is 36.9 Å². The fourth-order valence-corrected chi connectivity index (χ4v) is 4.62. The number of carboxylic acids is 1. The summed E-state index contributed by atoms with van der Waals surface area (Å²) in [6.45, 7) is 5.71. The van der Waals surface area contributed by atoms with Crippen LogP contribution in [0, 0.1) is 5.92 Å². The van der Waals surface area contributed by atoms with E-state index in [1.165, 1.54) is 11.6 Å². The summed E-state index contributed by atoms with van der Waals surface area (Å²) >= 11 is 6.06. The quantitative estimate of drug-likeness (QED) is 0.453. The summed E-state index contributed by atoms with van der Waals surface area (Å²) in [5, 5.41) is 13.5. The van der Waals surface area contributed by atoms with Crippen molar-refractivity contribution in [2.75, 3.05) is 24.5 Å². The summed E-state index contributed by atoms with van der Waals surface area (Å²) in [5.41, 5.74) is 3.91. The topological polar surface area (TPSA) is 85.4 Å². The Bertz CT molecular complexity index is 1190. The molecule has 0 bridgehead atoms. The number of H-pyrrole nitrogens is 1. The van der Waals surface area contributed by atoms with E-state index in [9.17, 15) is 14.7 Å². The number of hydrogen-bond donors (Lipinski definition) is 3. The molecule has 33 heavy (non-hydrogen) atoms. The molecule has 0 aliphatic carbocycles. The number of carbonyl (C=O) groups is 1. The molecule has 1 aromatic heterocycles. The molecular formula is C26H28ClN3O3. The first-order valence-electron chi connectivity index (χ1n) is 11.2. The number of halogens is 1. The van der Waals surface area contributed by atoms with Crippen LogP contribution in [0.5, 0.6) is 0 Å². The van der Waals surface area contributed by atoms with E-state index in [0.717, 1.165) is 54.4 Å². The molecule has 2 heterocycles. The Morgan fingerprint density at radius 3 is 2.70 bits per heavy atom. The first-order chi connectivity index (χ1) is 15.9. The number of carboxylic acid groups (broad SMARTS) is 1. The third kappa shape index (κ3) is 5.46. The van der Waals surface area contributed by atoms with Crippen molar-refractivity contribution in [2.45, 2.75) is 26.3 Å². The lowest BCUT2D eigenvalue weighted by molar-refractivity contribution is 0.0695. The molecule has 3 aromatic rings. The molecule has 1 aliphatic heterocycles. The second-order valence-corrected chi connectivity index (χ2v) is 8.92. The highest BCUT2D eigenvalue weighted by atomic mass is 35.5. The van der Waals surface area contributed by atoms with E-state index >= 15 is 0 Å². The Hall–Kier alpha value is -3.09. The van der Waals surface area contributed by atoms with Crippen molar-refractivity contribution >= 4 is 23.3 Å². The van der Waals surface area contributed by atoms with Gasteiger partial charge in [-0.25, -0.2) is 4.79 Å². The lowest BCUT2D eigenvalue weighted by Crippen LogP contribution is -2.26. The number of hydrogen-bond acceptors (Lipinski definition) is 4. The van der Waals surface area contributed by atoms with Crippen LogP contribution in [0.3, 0.4) is 0 Å². The molecule has 1 fully saturated rings. The van der Waals surface area contributed by atoms with Gasteiger partial charge in [0.1, 0.15) is 5.56 Å². The summed E-state index contributed by atoms with van der Waals surface area (Å²) in [6, 6.07) is 17.5. The van der Waals surface area contributed by atoms with Crippen LogP contribution >= 0.6 is 11.6 Å². The van der Waals surface area contributed by atoms with Crippen LogP contribution in [0.25, 0.3) is 11.3 Å². The lowest BCUT2D eigenvalue weighted by Gasteiger charge is -2.19. The number of aromatic carboxylic acids is 1. The maximum Gasteiger partial charge on any atom is 0.341 e. The monoisotopic (exact) mass is 465 g/mol. The van der Waals surface area contributed by atoms with Gasteiger partial charge in [-0.3, -0.25) is 4.79 Å². The smallest absolute Gasteiger partial charge is 0.341 e. The maximum absolute atomic E-state index is 12.2. The number of nitrogens with one attached hydrogen (secondary N) is 2. The molecule has 3 N–H and O–H groups in total. The number of aryl methyl sites for hydroxylation is 1. The Morgan fingerprint density at radius 2 is 2.00 bits per heavy atom. The fraction of sp³-hybridized carbons (Fsp3) is 0.308. The normalized spacial score (nSPS) is 15.7. The first kappa shape index (κ1) is 23.1. The van der Waals surface area contributed by atoms with Crippen LogP contribution in [0.2, 0.25) is 5.02 Å². The molecule has 7 heteroatoms. The van der Waals surface area contributed by atoms with Crippen molar-refractivity contribution in [2.24, 2.45) is 5.92 Å². The van der Waals surface area contributed by atoms with Crippen LogP contribution in [-0.4, -0.2) is 35.7 Å². The Morgan fingerprint density at radius 1 is 1.21 bits per heavy atom. The summed E-state index contributed by atoms with van der Waals surface area (Å²) < 4.78 is 0. The molecule has 0 spiro atoms. The van der Waals surface area contributed by atoms with Crippen LogP contribution in [0.4, 0.5) is 5.69 Å². The molecule has 6 nitrogen and oxygen atoms in total. The summed E-state index contributed by atoms with van der Waals surface area (Å²) in [5.74, 6) is -0.631. The number of aromatic nitrogens is 1. The molecule has 1 aliphatic rings. The van der Waals surface area contributed by atoms with Gasteiger partial charge in [-0.15, -0.1) is 0 Å². The van der Waals surface area contributed by atoms with Crippen molar-refractivity contribution in [3.63, 3.8) is 0 Å². The summed E-state index contributed by atoms with van der Waals surface area (Å²) in [7, 11) is 0. The average Bonchev–Trinajstić information content (AvgIpc) is 3.28. The summed E-state index contributed by atoms with van der Waals surface area (Å²) in [4.78, 5) is 28.6. The minimum absolute atomic E-state index is 0.223. The molecular weight excluding hydrogens is 438 g/mol. The van der Waals surface area contributed by atoms with E-state index in [-0.39, 0.29) is 5.56 Å². The Kier molecular flexibility index (Phi) is 7.16. The zero-order chi connectivity index (χ0) is 23.4. The molecule has 0 radical (unpaired) electrons. The van der Waals surface area contributed by atoms with Gasteiger partial charge < -0.3 is 20.3 Å². The molecule has 172 valence electrons. The molecule has 1 atom stereocenters. The highest BCUT2D eigenvalue weighted by Crippen LogP contribution is 2.28. The third-order valence-corrected chi connectivity index (χ3v) is 6.43. The van der Waals surface area contributed by atoms with E-state index in [2.05, 4.69) is 33.4 Å². The number of nitrogens with zero attached hydrogens (tertiary/aromatic N) is 1. The first-order valence-corrected chi connectivity index (χ1v) is 11.6. The SMILES string of the molecule is CCc1cc(C(=O)O)c(=O)[nH]c1-c1ccc(N2CCC(CNCc3cccc(Cl)c3)C2)cc1.